The van der Waals surface area contributed by atoms with Crippen LogP contribution in [0.5, 0.6) is 0 Å². The van der Waals surface area contributed by atoms with Gasteiger partial charge in [-0.3, -0.25) is 0 Å². The Labute approximate surface area is 82.5 Å². The van der Waals surface area contributed by atoms with Crippen molar-refractivity contribution in [3.63, 3.8) is 0 Å². The van der Waals surface area contributed by atoms with Gasteiger partial charge in [0.25, 0.3) is 0 Å². The van der Waals surface area contributed by atoms with Crippen molar-refractivity contribution in [3.8, 4) is 12.3 Å². The number of nitrogens with zero attached hydrogens (tertiary/aromatic N) is 1. The van der Waals surface area contributed by atoms with E-state index in [0.717, 1.165) is 6.42 Å². The minimum Gasteiger partial charge on any atom is -0.303 e. The van der Waals surface area contributed by atoms with Crippen molar-refractivity contribution in [2.75, 3.05) is 19.6 Å². The third kappa shape index (κ3) is 4.95. The van der Waals surface area contributed by atoms with Crippen LogP contribution in [0, 0.1) is 12.3 Å². The molecule has 0 bridgehead atoms. The van der Waals surface area contributed by atoms with Crippen LogP contribution < -0.4 is 0 Å². The van der Waals surface area contributed by atoms with Crippen LogP contribution in [-0.2, 0) is 0 Å². The second kappa shape index (κ2) is 6.97. The summed E-state index contributed by atoms with van der Waals surface area (Å²) in [5.41, 5.74) is 0. The Bertz CT molecular complexity index is 151. The number of terminal acetylenes is 1. The number of likely N-dealkylation sites (tertiary alicyclic amines) is 1. The van der Waals surface area contributed by atoms with Gasteiger partial charge < -0.3 is 4.90 Å². The van der Waals surface area contributed by atoms with Gasteiger partial charge in [0, 0.05) is 6.42 Å². The van der Waals surface area contributed by atoms with Crippen molar-refractivity contribution in [1.82, 2.24) is 4.90 Å². The van der Waals surface area contributed by atoms with Crippen LogP contribution in [0.1, 0.15) is 44.9 Å². The molecule has 0 radical (unpaired) electrons. The third-order valence-corrected chi connectivity index (χ3v) is 2.74. The molecular weight excluding hydrogens is 158 g/mol. The molecule has 0 spiro atoms. The van der Waals surface area contributed by atoms with E-state index in [1.165, 1.54) is 58.2 Å². The molecule has 1 aliphatic rings. The quantitative estimate of drug-likeness (QED) is 0.463. The van der Waals surface area contributed by atoms with Gasteiger partial charge in [0.05, 0.1) is 0 Å². The van der Waals surface area contributed by atoms with Gasteiger partial charge in [-0.2, -0.15) is 0 Å². The molecule has 0 N–H and O–H groups in total. The number of piperidine rings is 1. The molecule has 1 rings (SSSR count). The molecule has 13 heavy (non-hydrogen) atoms. The summed E-state index contributed by atoms with van der Waals surface area (Å²) in [6.45, 7) is 3.95. The monoisotopic (exact) mass is 179 g/mol. The Kier molecular flexibility index (Phi) is 5.69. The molecule has 1 saturated heterocycles. The Morgan fingerprint density at radius 2 is 1.77 bits per heavy atom. The average Bonchev–Trinajstić information content (AvgIpc) is 2.19. The molecule has 0 saturated carbocycles. The zero-order valence-corrected chi connectivity index (χ0v) is 8.60. The summed E-state index contributed by atoms with van der Waals surface area (Å²) >= 11 is 0. The number of hydrogen-bond donors (Lipinski definition) is 0. The first-order valence-corrected chi connectivity index (χ1v) is 5.59. The van der Waals surface area contributed by atoms with Gasteiger partial charge in [0.2, 0.25) is 0 Å². The summed E-state index contributed by atoms with van der Waals surface area (Å²) in [6.07, 6.45) is 14.3. The standard InChI is InChI=1S/C12H21N/c1-2-3-4-5-7-10-13-11-8-6-9-12-13/h1H,3-12H2. The van der Waals surface area contributed by atoms with E-state index < -0.39 is 0 Å². The second-order valence-corrected chi connectivity index (χ2v) is 3.92. The first kappa shape index (κ1) is 10.6. The fourth-order valence-electron chi connectivity index (χ4n) is 1.92. The lowest BCUT2D eigenvalue weighted by Gasteiger charge is -2.26. The van der Waals surface area contributed by atoms with Crippen LogP contribution in [0.3, 0.4) is 0 Å². The first-order chi connectivity index (χ1) is 6.43. The molecule has 0 aromatic heterocycles. The molecule has 1 heterocycles. The summed E-state index contributed by atoms with van der Waals surface area (Å²) in [4.78, 5) is 2.60. The van der Waals surface area contributed by atoms with Crippen molar-refractivity contribution >= 4 is 0 Å². The Hall–Kier alpha value is -0.480. The maximum atomic E-state index is 5.19. The predicted molar refractivity (Wildman–Crippen MR) is 57.6 cm³/mol. The molecule has 0 aliphatic carbocycles. The van der Waals surface area contributed by atoms with Crippen LogP contribution in [0.2, 0.25) is 0 Å². The normalized spacial score (nSPS) is 18.4. The molecule has 1 nitrogen and oxygen atoms in total. The molecule has 0 atom stereocenters. The highest BCUT2D eigenvalue weighted by Gasteiger charge is 2.08. The van der Waals surface area contributed by atoms with E-state index in [-0.39, 0.29) is 0 Å². The summed E-state index contributed by atoms with van der Waals surface area (Å²) in [5.74, 6) is 2.69. The predicted octanol–water partition coefficient (Wildman–Crippen LogP) is 2.67. The van der Waals surface area contributed by atoms with E-state index in [1.54, 1.807) is 0 Å². The van der Waals surface area contributed by atoms with Gasteiger partial charge >= 0.3 is 0 Å². The SMILES string of the molecule is C#CCCCCCN1CCCCC1. The lowest BCUT2D eigenvalue weighted by molar-refractivity contribution is 0.224. The smallest absolute Gasteiger partial charge is 0.00860 e. The van der Waals surface area contributed by atoms with Crippen LogP contribution >= 0.6 is 0 Å². The fourth-order valence-corrected chi connectivity index (χ4v) is 1.92. The summed E-state index contributed by atoms with van der Waals surface area (Å²) in [5, 5.41) is 0. The van der Waals surface area contributed by atoms with Gasteiger partial charge in [0.15, 0.2) is 0 Å². The Balaban J connectivity index is 1.90. The zero-order valence-electron chi connectivity index (χ0n) is 8.60. The van der Waals surface area contributed by atoms with E-state index in [4.69, 9.17) is 6.42 Å². The maximum absolute atomic E-state index is 5.19. The Morgan fingerprint density at radius 1 is 1.00 bits per heavy atom. The molecule has 0 amide bonds. The van der Waals surface area contributed by atoms with Gasteiger partial charge in [-0.1, -0.05) is 12.8 Å². The van der Waals surface area contributed by atoms with Crippen LogP contribution in [0.15, 0.2) is 0 Å². The van der Waals surface area contributed by atoms with Gasteiger partial charge in [0.1, 0.15) is 0 Å². The second-order valence-electron chi connectivity index (χ2n) is 3.92. The third-order valence-electron chi connectivity index (χ3n) is 2.74. The molecule has 0 aromatic carbocycles. The van der Waals surface area contributed by atoms with Crippen molar-refractivity contribution in [1.29, 1.82) is 0 Å². The highest BCUT2D eigenvalue weighted by atomic mass is 15.1. The van der Waals surface area contributed by atoms with Crippen LogP contribution in [0.4, 0.5) is 0 Å². The minimum absolute atomic E-state index is 0.958. The van der Waals surface area contributed by atoms with E-state index in [9.17, 15) is 0 Å². The molecular formula is C12H21N. The summed E-state index contributed by atoms with van der Waals surface area (Å²) in [6, 6.07) is 0. The average molecular weight is 179 g/mol. The van der Waals surface area contributed by atoms with Gasteiger partial charge in [-0.05, 0) is 45.3 Å². The largest absolute Gasteiger partial charge is 0.303 e. The minimum atomic E-state index is 0.958. The van der Waals surface area contributed by atoms with Crippen molar-refractivity contribution in [3.05, 3.63) is 0 Å². The maximum Gasteiger partial charge on any atom is 0.00860 e. The zero-order chi connectivity index (χ0) is 9.36. The van der Waals surface area contributed by atoms with Crippen LogP contribution in [0.25, 0.3) is 0 Å². The van der Waals surface area contributed by atoms with E-state index in [0.29, 0.717) is 0 Å². The van der Waals surface area contributed by atoms with Crippen molar-refractivity contribution in [2.45, 2.75) is 44.9 Å². The number of unbranched alkanes of at least 4 members (excludes halogenated alkanes) is 3. The van der Waals surface area contributed by atoms with Gasteiger partial charge in [-0.15, -0.1) is 12.3 Å². The lowest BCUT2D eigenvalue weighted by Crippen LogP contribution is -2.30. The summed E-state index contributed by atoms with van der Waals surface area (Å²) in [7, 11) is 0. The van der Waals surface area contributed by atoms with E-state index in [1.807, 2.05) is 0 Å². The lowest BCUT2D eigenvalue weighted by atomic mass is 10.1. The van der Waals surface area contributed by atoms with E-state index in [2.05, 4.69) is 10.8 Å². The van der Waals surface area contributed by atoms with Crippen molar-refractivity contribution in [2.24, 2.45) is 0 Å². The van der Waals surface area contributed by atoms with Crippen molar-refractivity contribution < 1.29 is 0 Å². The Morgan fingerprint density at radius 3 is 2.46 bits per heavy atom. The summed E-state index contributed by atoms with van der Waals surface area (Å²) < 4.78 is 0. The highest BCUT2D eigenvalue weighted by molar-refractivity contribution is 4.82. The molecule has 1 fully saturated rings. The molecule has 1 aliphatic heterocycles. The highest BCUT2D eigenvalue weighted by Crippen LogP contribution is 2.10. The fraction of sp³-hybridized carbons (Fsp3) is 0.833. The van der Waals surface area contributed by atoms with Crippen LogP contribution in [-0.4, -0.2) is 24.5 Å². The van der Waals surface area contributed by atoms with Gasteiger partial charge in [-0.25, -0.2) is 0 Å². The number of rotatable bonds is 5. The molecule has 0 unspecified atom stereocenters. The first-order valence-electron chi connectivity index (χ1n) is 5.59. The number of hydrogen-bond acceptors (Lipinski definition) is 1. The molecule has 0 aromatic rings. The van der Waals surface area contributed by atoms with E-state index >= 15 is 0 Å². The molecule has 1 heteroatoms. The topological polar surface area (TPSA) is 3.24 Å². The molecule has 74 valence electrons.